The fraction of sp³-hybridized carbons (Fsp3) is 0.444. The van der Waals surface area contributed by atoms with Crippen LogP contribution in [-0.2, 0) is 15.7 Å². The molecule has 0 saturated heterocycles. The van der Waals surface area contributed by atoms with Crippen LogP contribution in [0.1, 0.15) is 61.8 Å². The summed E-state index contributed by atoms with van der Waals surface area (Å²) in [6.45, 7) is 14.3. The van der Waals surface area contributed by atoms with E-state index in [4.69, 9.17) is 9.16 Å². The Morgan fingerprint density at radius 1 is 1.17 bits per heavy atom. The molecule has 9 heteroatoms. The zero-order valence-corrected chi connectivity index (χ0v) is 23.0. The molecule has 0 unspecified atom stereocenters. The summed E-state index contributed by atoms with van der Waals surface area (Å²) >= 11 is 0. The summed E-state index contributed by atoms with van der Waals surface area (Å²) in [4.78, 5) is 31.0. The molecule has 0 radical (unpaired) electrons. The van der Waals surface area contributed by atoms with Gasteiger partial charge in [-0.1, -0.05) is 33.8 Å². The molecule has 0 spiro atoms. The highest BCUT2D eigenvalue weighted by Gasteiger charge is 2.39. The third-order valence-electron chi connectivity index (χ3n) is 6.63. The first-order chi connectivity index (χ1) is 16.9. The number of aromatic amines is 1. The number of fused-ring (bicyclic) bond motifs is 1. The van der Waals surface area contributed by atoms with Crippen LogP contribution >= 0.6 is 0 Å². The minimum absolute atomic E-state index is 0.00391. The Balaban J connectivity index is 1.82. The number of carbonyl (C=O) groups is 1. The van der Waals surface area contributed by atoms with Crippen LogP contribution in [0.4, 0.5) is 0 Å². The van der Waals surface area contributed by atoms with Crippen LogP contribution < -0.4 is 10.9 Å². The van der Waals surface area contributed by atoms with Crippen LogP contribution in [0.2, 0.25) is 18.1 Å². The number of carbonyl (C=O) groups excluding carboxylic acids is 1. The second-order valence-corrected chi connectivity index (χ2v) is 15.2. The quantitative estimate of drug-likeness (QED) is 0.258. The third-order valence-corrected chi connectivity index (χ3v) is 11.1. The number of phenols is 1. The molecule has 0 aliphatic heterocycles. The number of hydrogen-bond donors (Lipinski definition) is 3. The molecule has 0 aliphatic rings. The van der Waals surface area contributed by atoms with E-state index in [9.17, 15) is 14.7 Å². The summed E-state index contributed by atoms with van der Waals surface area (Å²) in [6, 6.07) is 10.1. The lowest BCUT2D eigenvalue weighted by Crippen LogP contribution is -2.43. The predicted octanol–water partition coefficient (Wildman–Crippen LogP) is 5.05. The van der Waals surface area contributed by atoms with Gasteiger partial charge in [-0.05, 0) is 54.4 Å². The monoisotopic (exact) mass is 511 g/mol. The fourth-order valence-electron chi connectivity index (χ4n) is 3.55. The lowest BCUT2D eigenvalue weighted by molar-refractivity contribution is 0.0504. The molecule has 0 saturated carbocycles. The highest BCUT2D eigenvalue weighted by Crippen LogP contribution is 2.41. The van der Waals surface area contributed by atoms with Crippen molar-refractivity contribution < 1.29 is 19.1 Å². The average Bonchev–Trinajstić information content (AvgIpc) is 2.82. The summed E-state index contributed by atoms with van der Waals surface area (Å²) < 4.78 is 12.0. The summed E-state index contributed by atoms with van der Waals surface area (Å²) in [5.41, 5.74) is 2.22. The Bertz CT molecular complexity index is 1250. The molecule has 3 aromatic rings. The largest absolute Gasteiger partial charge is 0.506 e. The van der Waals surface area contributed by atoms with Gasteiger partial charge in [0.2, 0.25) is 5.56 Å². The van der Waals surface area contributed by atoms with Crippen molar-refractivity contribution in [3.63, 3.8) is 0 Å². The smallest absolute Gasteiger partial charge is 0.339 e. The normalized spacial score (nSPS) is 13.1. The Hall–Kier alpha value is -3.01. The van der Waals surface area contributed by atoms with Gasteiger partial charge < -0.3 is 24.6 Å². The maximum Gasteiger partial charge on any atom is 0.339 e. The summed E-state index contributed by atoms with van der Waals surface area (Å²) in [5, 5.41) is 14.5. The standard InChI is InChI=1S/C27H37N3O5Si/c1-7-14-34-26(33)18-8-9-19(29-15-18)16-28-17-23(35-36(5,6)27(2,3)4)20-10-12-22(31)25-21(20)11-13-24(32)30-25/h8-13,15,23,28,31H,7,14,16-17H2,1-6H3,(H,30,32)/t23-/m0/s1. The first kappa shape index (κ1) is 27.6. The number of benzene rings is 1. The summed E-state index contributed by atoms with van der Waals surface area (Å²) in [6.07, 6.45) is 1.98. The lowest BCUT2D eigenvalue weighted by atomic mass is 10.0. The Labute approximate surface area is 213 Å². The van der Waals surface area contributed by atoms with E-state index in [2.05, 4.69) is 49.1 Å². The van der Waals surface area contributed by atoms with Crippen molar-refractivity contribution in [1.29, 1.82) is 0 Å². The Morgan fingerprint density at radius 2 is 1.92 bits per heavy atom. The molecule has 2 aromatic heterocycles. The zero-order valence-electron chi connectivity index (χ0n) is 22.0. The van der Waals surface area contributed by atoms with Crippen molar-refractivity contribution >= 4 is 25.2 Å². The first-order valence-corrected chi connectivity index (χ1v) is 15.2. The SMILES string of the molecule is CCCOC(=O)c1ccc(CNC[C@H](O[Si](C)(C)C(C)(C)C)c2ccc(O)c3[nH]c(=O)ccc23)nc1. The molecule has 3 rings (SSSR count). The van der Waals surface area contributed by atoms with E-state index >= 15 is 0 Å². The third kappa shape index (κ3) is 6.60. The molecule has 0 aliphatic carbocycles. The predicted molar refractivity (Wildman–Crippen MR) is 144 cm³/mol. The van der Waals surface area contributed by atoms with Gasteiger partial charge in [0.05, 0.1) is 29.5 Å². The Morgan fingerprint density at radius 3 is 2.56 bits per heavy atom. The number of aromatic hydroxyl groups is 1. The molecule has 194 valence electrons. The molecule has 1 aromatic carbocycles. The van der Waals surface area contributed by atoms with Gasteiger partial charge in [0.1, 0.15) is 5.75 Å². The number of hydrogen-bond acceptors (Lipinski definition) is 7. The molecule has 0 fully saturated rings. The van der Waals surface area contributed by atoms with Gasteiger partial charge in [0, 0.05) is 30.7 Å². The lowest BCUT2D eigenvalue weighted by Gasteiger charge is -2.39. The fourth-order valence-corrected chi connectivity index (χ4v) is 4.82. The number of nitrogens with zero attached hydrogens (tertiary/aromatic N) is 1. The van der Waals surface area contributed by atoms with Crippen LogP contribution in [0.25, 0.3) is 10.9 Å². The molecule has 0 amide bonds. The molecular weight excluding hydrogens is 474 g/mol. The minimum atomic E-state index is -2.16. The van der Waals surface area contributed by atoms with Gasteiger partial charge >= 0.3 is 5.97 Å². The van der Waals surface area contributed by atoms with Crippen molar-refractivity contribution in [2.24, 2.45) is 0 Å². The number of rotatable bonds is 10. The van der Waals surface area contributed by atoms with E-state index in [1.165, 1.54) is 12.3 Å². The zero-order chi connectivity index (χ0) is 26.5. The maximum absolute atomic E-state index is 12.0. The van der Waals surface area contributed by atoms with Gasteiger partial charge in [0.25, 0.3) is 0 Å². The number of aromatic nitrogens is 2. The van der Waals surface area contributed by atoms with Gasteiger partial charge in [-0.25, -0.2) is 4.79 Å². The first-order valence-electron chi connectivity index (χ1n) is 12.3. The van der Waals surface area contributed by atoms with Gasteiger partial charge in [-0.3, -0.25) is 9.78 Å². The number of nitrogens with one attached hydrogen (secondary N) is 2. The van der Waals surface area contributed by atoms with E-state index in [-0.39, 0.29) is 28.4 Å². The second kappa shape index (κ2) is 11.4. The van der Waals surface area contributed by atoms with Crippen molar-refractivity contribution in [3.05, 3.63) is 69.8 Å². The number of ether oxygens (including phenoxy) is 1. The van der Waals surface area contributed by atoms with Crippen molar-refractivity contribution in [2.75, 3.05) is 13.2 Å². The van der Waals surface area contributed by atoms with Crippen molar-refractivity contribution in [1.82, 2.24) is 15.3 Å². The Kier molecular flexibility index (Phi) is 8.70. The summed E-state index contributed by atoms with van der Waals surface area (Å²) in [5.74, 6) is -0.351. The topological polar surface area (TPSA) is 114 Å². The van der Waals surface area contributed by atoms with E-state index in [1.54, 1.807) is 24.3 Å². The molecular formula is C27H37N3O5Si. The molecule has 3 N–H and O–H groups in total. The van der Waals surface area contributed by atoms with E-state index in [0.29, 0.717) is 30.8 Å². The van der Waals surface area contributed by atoms with Crippen LogP contribution in [0.3, 0.4) is 0 Å². The number of phenolic OH excluding ortho intramolecular Hbond substituents is 1. The van der Waals surface area contributed by atoms with Gasteiger partial charge in [0.15, 0.2) is 8.32 Å². The van der Waals surface area contributed by atoms with Crippen molar-refractivity contribution in [3.8, 4) is 5.75 Å². The number of H-pyrrole nitrogens is 1. The highest BCUT2D eigenvalue weighted by molar-refractivity contribution is 6.74. The molecule has 8 nitrogen and oxygen atoms in total. The van der Waals surface area contributed by atoms with Crippen molar-refractivity contribution in [2.45, 2.75) is 64.9 Å². The van der Waals surface area contributed by atoms with Crippen LogP contribution in [0.15, 0.2) is 47.4 Å². The van der Waals surface area contributed by atoms with E-state index < -0.39 is 8.32 Å². The van der Waals surface area contributed by atoms with Crippen LogP contribution in [0.5, 0.6) is 5.75 Å². The van der Waals surface area contributed by atoms with Gasteiger partial charge in [-0.2, -0.15) is 0 Å². The molecule has 36 heavy (non-hydrogen) atoms. The molecule has 1 atom stereocenters. The minimum Gasteiger partial charge on any atom is -0.506 e. The van der Waals surface area contributed by atoms with Crippen LogP contribution in [0, 0.1) is 0 Å². The molecule has 2 heterocycles. The average molecular weight is 512 g/mol. The number of esters is 1. The van der Waals surface area contributed by atoms with E-state index in [0.717, 1.165) is 23.1 Å². The number of pyridine rings is 2. The molecule has 0 bridgehead atoms. The van der Waals surface area contributed by atoms with Crippen LogP contribution in [-0.4, -0.2) is 42.5 Å². The maximum atomic E-state index is 12.0. The summed E-state index contributed by atoms with van der Waals surface area (Å²) in [7, 11) is -2.16. The van der Waals surface area contributed by atoms with Gasteiger partial charge in [-0.15, -0.1) is 0 Å². The van der Waals surface area contributed by atoms with E-state index in [1.807, 2.05) is 13.0 Å². The highest BCUT2D eigenvalue weighted by atomic mass is 28.4. The second-order valence-electron chi connectivity index (χ2n) is 10.5.